The van der Waals surface area contributed by atoms with E-state index in [9.17, 15) is 19.2 Å². The summed E-state index contributed by atoms with van der Waals surface area (Å²) in [4.78, 5) is 70.5. The van der Waals surface area contributed by atoms with Gasteiger partial charge in [0.25, 0.3) is 0 Å². The molecule has 6 aliphatic rings. The number of aromatic amines is 1. The van der Waals surface area contributed by atoms with Gasteiger partial charge in [0.1, 0.15) is 29.4 Å². The number of carbonyl (C=O) groups excluding carboxylic acids is 4. The van der Waals surface area contributed by atoms with E-state index in [1.807, 2.05) is 49.9 Å². The number of hydrogen-bond acceptors (Lipinski definition) is 11. The Morgan fingerprint density at radius 3 is 2.33 bits per heavy atom. The summed E-state index contributed by atoms with van der Waals surface area (Å²) >= 11 is 0. The summed E-state index contributed by atoms with van der Waals surface area (Å²) in [7, 11) is 2.62. The first-order valence-electron chi connectivity index (χ1n) is 26.8. The molecule has 75 heavy (non-hydrogen) atoms. The molecule has 3 fully saturated rings. The zero-order valence-electron chi connectivity index (χ0n) is 43.9. The minimum atomic E-state index is -0.747. The molecule has 0 bridgehead atoms. The molecule has 3 unspecified atom stereocenters. The molecule has 8 atom stereocenters. The van der Waals surface area contributed by atoms with Crippen molar-refractivity contribution in [2.24, 2.45) is 16.8 Å². The van der Waals surface area contributed by atoms with Crippen LogP contribution in [0.4, 0.5) is 9.59 Å². The quantitative estimate of drug-likeness (QED) is 0.115. The number of amides is 4. The molecule has 11 rings (SSSR count). The lowest BCUT2D eigenvalue weighted by Gasteiger charge is -2.38. The Morgan fingerprint density at radius 1 is 0.827 bits per heavy atom. The minimum Gasteiger partial charge on any atom is -0.493 e. The molecule has 0 saturated carbocycles. The van der Waals surface area contributed by atoms with Gasteiger partial charge in [0.15, 0.2) is 0 Å². The van der Waals surface area contributed by atoms with Gasteiger partial charge in [-0.25, -0.2) is 14.6 Å². The molecular weight excluding hydrogens is 953 g/mol. The van der Waals surface area contributed by atoms with E-state index in [-0.39, 0.29) is 47.9 Å². The van der Waals surface area contributed by atoms with Crippen LogP contribution in [0, 0.1) is 18.8 Å². The zero-order chi connectivity index (χ0) is 52.2. The van der Waals surface area contributed by atoms with Gasteiger partial charge in [-0.2, -0.15) is 0 Å². The van der Waals surface area contributed by atoms with Crippen molar-refractivity contribution in [2.45, 2.75) is 135 Å². The molecule has 17 nitrogen and oxygen atoms in total. The average molecular weight is 1020 g/mol. The second-order valence-corrected chi connectivity index (χ2v) is 21.6. The lowest BCUT2D eigenvalue weighted by Crippen LogP contribution is -2.54. The number of nitrogens with one attached hydrogen (secondary N) is 3. The molecule has 0 spiro atoms. The van der Waals surface area contributed by atoms with Gasteiger partial charge >= 0.3 is 12.2 Å². The van der Waals surface area contributed by atoms with Crippen LogP contribution in [0.25, 0.3) is 39.0 Å². The first kappa shape index (κ1) is 50.0. The molecule has 0 radical (unpaired) electrons. The summed E-state index contributed by atoms with van der Waals surface area (Å²) in [6.07, 6.45) is 9.00. The second kappa shape index (κ2) is 20.5. The van der Waals surface area contributed by atoms with Gasteiger partial charge in [-0.05, 0) is 137 Å². The van der Waals surface area contributed by atoms with Crippen molar-refractivity contribution in [3.63, 3.8) is 0 Å². The molecule has 6 aliphatic heterocycles. The zero-order valence-corrected chi connectivity index (χ0v) is 43.9. The number of carbonyl (C=O) groups is 4. The first-order valence-corrected chi connectivity index (χ1v) is 26.8. The number of aromatic nitrogens is 3. The molecule has 8 heterocycles. The largest absolute Gasteiger partial charge is 0.493 e. The van der Waals surface area contributed by atoms with Crippen molar-refractivity contribution >= 4 is 46.2 Å². The monoisotopic (exact) mass is 1020 g/mol. The van der Waals surface area contributed by atoms with Gasteiger partial charge in [-0.3, -0.25) is 14.6 Å². The molecule has 17 heteroatoms. The summed E-state index contributed by atoms with van der Waals surface area (Å²) in [5.74, 6) is 1.88. The van der Waals surface area contributed by atoms with Crippen LogP contribution >= 0.6 is 0 Å². The van der Waals surface area contributed by atoms with Crippen LogP contribution in [0.5, 0.6) is 11.5 Å². The number of imidazole rings is 1. The molecule has 0 aliphatic carbocycles. The van der Waals surface area contributed by atoms with E-state index in [1.165, 1.54) is 19.8 Å². The van der Waals surface area contributed by atoms with E-state index in [1.54, 1.807) is 0 Å². The standard InChI is InChI=1S/C58H68N8O9/c1-31(2)51(62-57(69)71-6)54(67)64-18-8-12-45(64)42-25-41(29-59-42)38-21-32(3)50-47-26-39-24-36(16-17-44(39)66(47)56(75-49(50)28-38)37-15-14-35-11-10-20-73-48(35)27-37)43-30-60-53(61-43)46-13-9-19-65(46)55(68)52(63-58(70)72-7)40-22-33(4)74-34(5)23-40/h14-17,21,24,26-31,33-34,40,45-46,51-52,56H,8-13,18-20,22-23,25H2,1-7H3,(H,60,61)(H,62,69)(H,63,70)/t33-,34+,40?,45-,46-,51-,52?,56?/m0/s1. The number of allylic oxidation sites excluding steroid dienone is 1. The number of aryl methyl sites for hydroxylation is 2. The van der Waals surface area contributed by atoms with Crippen LogP contribution in [0.3, 0.4) is 0 Å². The van der Waals surface area contributed by atoms with E-state index in [0.717, 1.165) is 111 Å². The Kier molecular flexibility index (Phi) is 13.7. The molecule has 3 N–H and O–H groups in total. The van der Waals surface area contributed by atoms with Gasteiger partial charge in [-0.15, -0.1) is 0 Å². The van der Waals surface area contributed by atoms with Crippen LogP contribution < -0.4 is 20.1 Å². The number of fused-ring (bicyclic) bond motifs is 6. The fourth-order valence-electron chi connectivity index (χ4n) is 12.6. The van der Waals surface area contributed by atoms with Gasteiger partial charge in [-0.1, -0.05) is 38.1 Å². The smallest absolute Gasteiger partial charge is 0.407 e. The highest BCUT2D eigenvalue weighted by molar-refractivity contribution is 6.04. The Labute approximate surface area is 437 Å². The van der Waals surface area contributed by atoms with Crippen LogP contribution in [0.2, 0.25) is 0 Å². The number of H-pyrrole nitrogens is 1. The maximum absolute atomic E-state index is 14.5. The van der Waals surface area contributed by atoms with E-state index >= 15 is 0 Å². The number of hydrogen-bond donors (Lipinski definition) is 3. The van der Waals surface area contributed by atoms with Crippen LogP contribution in [-0.4, -0.2) is 118 Å². The van der Waals surface area contributed by atoms with Crippen molar-refractivity contribution in [3.05, 3.63) is 95.1 Å². The lowest BCUT2D eigenvalue weighted by atomic mass is 9.85. The number of rotatable bonds is 11. The number of nitrogens with zero attached hydrogens (tertiary/aromatic N) is 5. The SMILES string of the molecule is COC(=O)NC(C(=O)N1CCC[C@H]1c1ncc(-c2ccc3c(c2)cc2n3C(c3ccc4c(c3)OCCC4)Oc3cc(C4=CN=C([C@@H]5CCCN5C(=O)[C@@H](NC(=O)OC)C(C)C)C4)cc(C)c3-2)[nH]1)C1C[C@@H](C)O[C@@H](C)C1. The predicted molar refractivity (Wildman–Crippen MR) is 283 cm³/mol. The number of benzene rings is 3. The molecule has 394 valence electrons. The summed E-state index contributed by atoms with van der Waals surface area (Å²) in [6, 6.07) is 17.6. The number of likely N-dealkylation sites (tertiary alicyclic amines) is 2. The Bertz CT molecular complexity index is 3110. The third kappa shape index (κ3) is 9.52. The van der Waals surface area contributed by atoms with Crippen molar-refractivity contribution in [2.75, 3.05) is 33.9 Å². The van der Waals surface area contributed by atoms with Gasteiger partial charge in [0.2, 0.25) is 18.0 Å². The molecule has 3 aromatic carbocycles. The molecule has 5 aromatic rings. The second-order valence-electron chi connectivity index (χ2n) is 21.6. The van der Waals surface area contributed by atoms with Crippen molar-refractivity contribution in [3.8, 4) is 34.0 Å². The van der Waals surface area contributed by atoms with E-state index < -0.39 is 30.5 Å². The molecule has 4 amide bonds. The van der Waals surface area contributed by atoms with Gasteiger partial charge in [0, 0.05) is 53.5 Å². The molecule has 2 aromatic heterocycles. The van der Waals surface area contributed by atoms with Gasteiger partial charge in [0.05, 0.1) is 68.2 Å². The average Bonchev–Trinajstić information content (AvgIpc) is 4.31. The highest BCUT2D eigenvalue weighted by Crippen LogP contribution is 2.49. The minimum absolute atomic E-state index is 0.0356. The number of alkyl carbamates (subject to hydrolysis) is 2. The Hall–Kier alpha value is -7.14. The maximum atomic E-state index is 14.5. The third-order valence-electron chi connectivity index (χ3n) is 16.2. The normalized spacial score (nSPS) is 23.8. The predicted octanol–water partition coefficient (Wildman–Crippen LogP) is 9.42. The van der Waals surface area contributed by atoms with Crippen molar-refractivity contribution in [1.82, 2.24) is 35.0 Å². The van der Waals surface area contributed by atoms with Crippen molar-refractivity contribution in [1.29, 1.82) is 0 Å². The number of ether oxygens (including phenoxy) is 5. The summed E-state index contributed by atoms with van der Waals surface area (Å²) < 4.78 is 31.5. The highest BCUT2D eigenvalue weighted by Gasteiger charge is 2.43. The Balaban J connectivity index is 0.887. The van der Waals surface area contributed by atoms with E-state index in [2.05, 4.69) is 81.7 Å². The lowest BCUT2D eigenvalue weighted by molar-refractivity contribution is -0.138. The third-order valence-corrected chi connectivity index (χ3v) is 16.2. The fourth-order valence-corrected chi connectivity index (χ4v) is 12.6. The summed E-state index contributed by atoms with van der Waals surface area (Å²) in [5.41, 5.74) is 11.0. The van der Waals surface area contributed by atoms with Crippen LogP contribution in [0.1, 0.15) is 119 Å². The van der Waals surface area contributed by atoms with E-state index in [4.69, 9.17) is 33.7 Å². The van der Waals surface area contributed by atoms with Crippen LogP contribution in [-0.2, 0) is 30.2 Å². The van der Waals surface area contributed by atoms with Crippen LogP contribution in [0.15, 0.2) is 72.0 Å². The topological polar surface area (TPSA) is 191 Å². The number of methoxy groups -OCH3 is 2. The Morgan fingerprint density at radius 2 is 1.57 bits per heavy atom. The summed E-state index contributed by atoms with van der Waals surface area (Å²) in [5, 5.41) is 6.67. The fraction of sp³-hybridized carbons (Fsp3) is 0.483. The van der Waals surface area contributed by atoms with E-state index in [0.29, 0.717) is 44.8 Å². The maximum Gasteiger partial charge on any atom is 0.407 e. The molecular formula is C58H68N8O9. The highest BCUT2D eigenvalue weighted by atomic mass is 16.5. The summed E-state index contributed by atoms with van der Waals surface area (Å²) in [6.45, 7) is 11.8. The van der Waals surface area contributed by atoms with Gasteiger partial charge < -0.3 is 53.7 Å². The molecule has 3 saturated heterocycles. The number of aliphatic imine (C=N–C) groups is 1. The first-order chi connectivity index (χ1) is 36.3. The van der Waals surface area contributed by atoms with Crippen molar-refractivity contribution < 1.29 is 42.9 Å².